The molecule has 0 spiro atoms. The molecule has 0 bridgehead atoms. The van der Waals surface area contributed by atoms with Crippen LogP contribution in [0.1, 0.15) is 44.2 Å². The Morgan fingerprint density at radius 3 is 2.46 bits per heavy atom. The van der Waals surface area contributed by atoms with Gasteiger partial charge in [-0.15, -0.1) is 0 Å². The first-order valence-electron chi connectivity index (χ1n) is 8.88. The Morgan fingerprint density at radius 1 is 1.15 bits per heavy atom. The molecule has 0 aliphatic carbocycles. The van der Waals surface area contributed by atoms with Gasteiger partial charge in [0.25, 0.3) is 0 Å². The fourth-order valence-corrected chi connectivity index (χ4v) is 3.52. The van der Waals surface area contributed by atoms with E-state index in [0.29, 0.717) is 11.6 Å². The third-order valence-corrected chi connectivity index (χ3v) is 4.57. The van der Waals surface area contributed by atoms with E-state index in [2.05, 4.69) is 43.6 Å². The van der Waals surface area contributed by atoms with Crippen LogP contribution < -0.4 is 9.80 Å². The molecule has 1 aliphatic heterocycles. The van der Waals surface area contributed by atoms with Crippen LogP contribution in [-0.4, -0.2) is 55.3 Å². The summed E-state index contributed by atoms with van der Waals surface area (Å²) in [6.07, 6.45) is 1.00. The molecule has 1 saturated heterocycles. The highest BCUT2D eigenvalue weighted by molar-refractivity contribution is 5.48. The highest BCUT2D eigenvalue weighted by Crippen LogP contribution is 2.26. The Morgan fingerprint density at radius 2 is 1.85 bits per heavy atom. The summed E-state index contributed by atoms with van der Waals surface area (Å²) in [5, 5.41) is 19.1. The number of piperazine rings is 1. The minimum atomic E-state index is -0.692. The van der Waals surface area contributed by atoms with Crippen molar-refractivity contribution in [1.29, 1.82) is 0 Å². The summed E-state index contributed by atoms with van der Waals surface area (Å²) in [7, 11) is 0. The van der Waals surface area contributed by atoms with Crippen molar-refractivity contribution >= 4 is 11.6 Å². The highest BCUT2D eigenvalue weighted by atomic mass is 16.3. The van der Waals surface area contributed by atoms with Gasteiger partial charge in [0, 0.05) is 43.1 Å². The molecule has 2 aromatic rings. The molecule has 3 heterocycles. The third kappa shape index (κ3) is 3.76. The topological polar surface area (TPSA) is 98.5 Å². The summed E-state index contributed by atoms with van der Waals surface area (Å²) in [4.78, 5) is 21.8. The first-order valence-corrected chi connectivity index (χ1v) is 8.88. The van der Waals surface area contributed by atoms with Gasteiger partial charge in [0.2, 0.25) is 0 Å². The smallest absolute Gasteiger partial charge is 0.158 e. The lowest BCUT2D eigenvalue weighted by Crippen LogP contribution is -2.57. The number of aliphatic hydroxyl groups excluding tert-OH is 2. The van der Waals surface area contributed by atoms with Gasteiger partial charge in [0.05, 0.1) is 0 Å². The van der Waals surface area contributed by atoms with Crippen LogP contribution in [0.25, 0.3) is 0 Å². The molecule has 3 rings (SSSR count). The fraction of sp³-hybridized carbons (Fsp3) is 0.556. The largest absolute Gasteiger partial charge is 0.388 e. The quantitative estimate of drug-likeness (QED) is 0.842. The zero-order valence-electron chi connectivity index (χ0n) is 15.7. The van der Waals surface area contributed by atoms with E-state index < -0.39 is 6.10 Å². The summed E-state index contributed by atoms with van der Waals surface area (Å²) in [5.74, 6) is 2.54. The maximum atomic E-state index is 9.76. The van der Waals surface area contributed by atoms with Crippen molar-refractivity contribution in [2.75, 3.05) is 22.9 Å². The molecular weight excluding hydrogens is 332 g/mol. The standard InChI is InChI=1S/C18H26N6O2/c1-11-7-17(21-15(10-25)20-11)23-8-12(2)24(13(3)9-23)16-5-6-19-18(22-16)14(4)26/h5-7,12-14,25-26H,8-10H2,1-4H3. The van der Waals surface area contributed by atoms with Gasteiger partial charge in [-0.2, -0.15) is 0 Å². The SMILES string of the molecule is Cc1cc(N2CC(C)N(c3ccnc(C(C)O)n3)C(C)C2)nc(CO)n1. The predicted octanol–water partition coefficient (Wildman–Crippen LogP) is 1.22. The van der Waals surface area contributed by atoms with Crippen LogP contribution in [0.2, 0.25) is 0 Å². The summed E-state index contributed by atoms with van der Waals surface area (Å²) in [5.41, 5.74) is 0.846. The van der Waals surface area contributed by atoms with Gasteiger partial charge in [-0.3, -0.25) is 0 Å². The summed E-state index contributed by atoms with van der Waals surface area (Å²) in [6, 6.07) is 4.23. The van der Waals surface area contributed by atoms with Crippen molar-refractivity contribution in [2.45, 2.75) is 52.5 Å². The number of aromatic nitrogens is 4. The molecular formula is C18H26N6O2. The van der Waals surface area contributed by atoms with Crippen molar-refractivity contribution in [1.82, 2.24) is 19.9 Å². The molecule has 2 aromatic heterocycles. The van der Waals surface area contributed by atoms with Gasteiger partial charge in [0.1, 0.15) is 24.3 Å². The molecule has 2 N–H and O–H groups in total. The lowest BCUT2D eigenvalue weighted by atomic mass is 10.1. The van der Waals surface area contributed by atoms with E-state index in [9.17, 15) is 10.2 Å². The Bertz CT molecular complexity index is 757. The van der Waals surface area contributed by atoms with Crippen molar-refractivity contribution < 1.29 is 10.2 Å². The fourth-order valence-electron chi connectivity index (χ4n) is 3.52. The Kier molecular flexibility index (Phi) is 5.33. The second-order valence-corrected chi connectivity index (χ2v) is 6.90. The van der Waals surface area contributed by atoms with E-state index in [4.69, 9.17) is 0 Å². The molecule has 8 heteroatoms. The second kappa shape index (κ2) is 7.51. The van der Waals surface area contributed by atoms with Crippen LogP contribution in [0.3, 0.4) is 0 Å². The Hall–Kier alpha value is -2.32. The number of hydrogen-bond acceptors (Lipinski definition) is 8. The lowest BCUT2D eigenvalue weighted by Gasteiger charge is -2.45. The summed E-state index contributed by atoms with van der Waals surface area (Å²) >= 11 is 0. The van der Waals surface area contributed by atoms with Gasteiger partial charge in [0.15, 0.2) is 11.6 Å². The van der Waals surface area contributed by atoms with E-state index >= 15 is 0 Å². The van der Waals surface area contributed by atoms with E-state index in [1.165, 1.54) is 0 Å². The molecule has 0 aromatic carbocycles. The molecule has 0 saturated carbocycles. The Labute approximate surface area is 153 Å². The first kappa shape index (κ1) is 18.5. The molecule has 3 atom stereocenters. The van der Waals surface area contributed by atoms with Gasteiger partial charge in [-0.05, 0) is 33.8 Å². The first-order chi connectivity index (χ1) is 12.4. The van der Waals surface area contributed by atoms with Crippen molar-refractivity contribution in [3.05, 3.63) is 35.7 Å². The number of anilines is 2. The zero-order chi connectivity index (χ0) is 18.8. The normalized spacial score (nSPS) is 21.8. The third-order valence-electron chi connectivity index (χ3n) is 4.57. The van der Waals surface area contributed by atoms with Gasteiger partial charge in [-0.1, -0.05) is 0 Å². The predicted molar refractivity (Wildman–Crippen MR) is 99.0 cm³/mol. The lowest BCUT2D eigenvalue weighted by molar-refractivity contribution is 0.189. The van der Waals surface area contributed by atoms with E-state index in [1.54, 1.807) is 13.1 Å². The molecule has 3 unspecified atom stereocenters. The molecule has 26 heavy (non-hydrogen) atoms. The van der Waals surface area contributed by atoms with Crippen LogP contribution in [0.4, 0.5) is 11.6 Å². The highest BCUT2D eigenvalue weighted by Gasteiger charge is 2.31. The van der Waals surface area contributed by atoms with Crippen LogP contribution in [0.15, 0.2) is 18.3 Å². The summed E-state index contributed by atoms with van der Waals surface area (Å²) < 4.78 is 0. The van der Waals surface area contributed by atoms with E-state index in [0.717, 1.165) is 30.4 Å². The van der Waals surface area contributed by atoms with Gasteiger partial charge in [-0.25, -0.2) is 19.9 Å². The van der Waals surface area contributed by atoms with Crippen molar-refractivity contribution in [3.8, 4) is 0 Å². The average molecular weight is 358 g/mol. The average Bonchev–Trinajstić information content (AvgIpc) is 2.60. The molecule has 8 nitrogen and oxygen atoms in total. The molecule has 0 amide bonds. The van der Waals surface area contributed by atoms with E-state index in [1.807, 2.05) is 19.1 Å². The monoisotopic (exact) mass is 358 g/mol. The van der Waals surface area contributed by atoms with Crippen molar-refractivity contribution in [3.63, 3.8) is 0 Å². The van der Waals surface area contributed by atoms with Crippen LogP contribution in [0.5, 0.6) is 0 Å². The second-order valence-electron chi connectivity index (χ2n) is 6.90. The Balaban J connectivity index is 1.84. The molecule has 1 fully saturated rings. The number of aryl methyl sites for hydroxylation is 1. The van der Waals surface area contributed by atoms with Crippen LogP contribution in [-0.2, 0) is 6.61 Å². The maximum absolute atomic E-state index is 9.76. The molecule has 140 valence electrons. The van der Waals surface area contributed by atoms with Gasteiger partial charge < -0.3 is 20.0 Å². The van der Waals surface area contributed by atoms with Crippen LogP contribution in [0, 0.1) is 6.92 Å². The van der Waals surface area contributed by atoms with Gasteiger partial charge >= 0.3 is 0 Å². The van der Waals surface area contributed by atoms with E-state index in [-0.39, 0.29) is 18.7 Å². The van der Waals surface area contributed by atoms with Crippen LogP contribution >= 0.6 is 0 Å². The zero-order valence-corrected chi connectivity index (χ0v) is 15.7. The van der Waals surface area contributed by atoms with Crippen molar-refractivity contribution in [2.24, 2.45) is 0 Å². The summed E-state index contributed by atoms with van der Waals surface area (Å²) in [6.45, 7) is 9.26. The minimum Gasteiger partial charge on any atom is -0.388 e. The maximum Gasteiger partial charge on any atom is 0.158 e. The number of nitrogens with zero attached hydrogens (tertiary/aromatic N) is 6. The molecule has 1 aliphatic rings. The number of hydrogen-bond donors (Lipinski definition) is 2. The number of aliphatic hydroxyl groups is 2. The minimum absolute atomic E-state index is 0.164. The number of rotatable bonds is 4. The molecule has 0 radical (unpaired) electrons.